The molecule has 0 aliphatic carbocycles. The predicted molar refractivity (Wildman–Crippen MR) is 70.5 cm³/mol. The van der Waals surface area contributed by atoms with Gasteiger partial charge in [0, 0.05) is 11.9 Å². The molecule has 18 heavy (non-hydrogen) atoms. The van der Waals surface area contributed by atoms with Crippen molar-refractivity contribution in [2.75, 3.05) is 0 Å². The van der Waals surface area contributed by atoms with Crippen LogP contribution in [0.3, 0.4) is 0 Å². The first-order chi connectivity index (χ1) is 8.56. The maximum absolute atomic E-state index is 12.3. The molecule has 0 unspecified atom stereocenters. The molecule has 0 amide bonds. The van der Waals surface area contributed by atoms with E-state index in [1.165, 1.54) is 16.7 Å². The number of fused-ring (bicyclic) bond motifs is 1. The third-order valence-corrected chi connectivity index (χ3v) is 3.72. The van der Waals surface area contributed by atoms with Gasteiger partial charge in [0.2, 0.25) is 0 Å². The van der Waals surface area contributed by atoms with Gasteiger partial charge in [-0.15, -0.1) is 11.3 Å². The summed E-state index contributed by atoms with van der Waals surface area (Å²) in [7, 11) is 0. The van der Waals surface area contributed by atoms with Gasteiger partial charge in [0.25, 0.3) is 5.56 Å². The molecule has 0 saturated heterocycles. The normalized spacial score (nSPS) is 11.0. The van der Waals surface area contributed by atoms with Crippen LogP contribution in [0.5, 0.6) is 0 Å². The largest absolute Gasteiger partial charge is 0.478 e. The summed E-state index contributed by atoms with van der Waals surface area (Å²) in [6, 6.07) is 0. The van der Waals surface area contributed by atoms with Crippen LogP contribution in [0, 0.1) is 6.92 Å². The molecule has 0 aliphatic heterocycles. The van der Waals surface area contributed by atoms with Crippen LogP contribution in [0.4, 0.5) is 0 Å². The molecule has 2 aromatic heterocycles. The maximum atomic E-state index is 12.3. The van der Waals surface area contributed by atoms with Gasteiger partial charge >= 0.3 is 5.97 Å². The highest BCUT2D eigenvalue weighted by Crippen LogP contribution is 2.21. The fourth-order valence-corrected chi connectivity index (χ4v) is 2.81. The molecular weight excluding hydrogens is 252 g/mol. The summed E-state index contributed by atoms with van der Waals surface area (Å²) in [6.07, 6.45) is 1.85. The number of unbranched alkanes of at least 4 members (excludes halogenated alkanes) is 1. The Labute approximate surface area is 108 Å². The van der Waals surface area contributed by atoms with E-state index in [-0.39, 0.29) is 16.5 Å². The number of carbonyl (C=O) groups is 1. The smallest absolute Gasteiger partial charge is 0.337 e. The van der Waals surface area contributed by atoms with Gasteiger partial charge < -0.3 is 5.11 Å². The van der Waals surface area contributed by atoms with Crippen LogP contribution in [-0.4, -0.2) is 20.6 Å². The number of aromatic carboxylic acids is 1. The zero-order valence-corrected chi connectivity index (χ0v) is 11.1. The van der Waals surface area contributed by atoms with E-state index < -0.39 is 5.97 Å². The number of carboxylic acids is 1. The number of rotatable bonds is 4. The molecule has 96 valence electrons. The molecular formula is C12H14N2O3S. The van der Waals surface area contributed by atoms with Crippen molar-refractivity contribution in [2.24, 2.45) is 0 Å². The predicted octanol–water partition coefficient (Wildman–Crippen LogP) is 2.26. The Bertz CT molecular complexity index is 657. The standard InChI is InChI=1S/C12H14N2O3S/c1-3-4-5-14-7(2)13-10-9(11(14)15)8(6-18-10)12(16)17/h6H,3-5H2,1-2H3,(H,16,17). The first kappa shape index (κ1) is 12.8. The first-order valence-electron chi connectivity index (χ1n) is 5.78. The quantitative estimate of drug-likeness (QED) is 0.921. The second-order valence-electron chi connectivity index (χ2n) is 4.10. The summed E-state index contributed by atoms with van der Waals surface area (Å²) in [5, 5.41) is 10.8. The average molecular weight is 266 g/mol. The number of hydrogen-bond acceptors (Lipinski definition) is 4. The lowest BCUT2D eigenvalue weighted by Gasteiger charge is -2.08. The zero-order chi connectivity index (χ0) is 13.3. The van der Waals surface area contributed by atoms with Crippen molar-refractivity contribution >= 4 is 27.5 Å². The van der Waals surface area contributed by atoms with Gasteiger partial charge in [-0.05, 0) is 13.3 Å². The van der Waals surface area contributed by atoms with Crippen LogP contribution in [0.2, 0.25) is 0 Å². The van der Waals surface area contributed by atoms with Crippen LogP contribution < -0.4 is 5.56 Å². The maximum Gasteiger partial charge on any atom is 0.337 e. The Hall–Kier alpha value is -1.69. The molecule has 0 saturated carbocycles. The monoisotopic (exact) mass is 266 g/mol. The summed E-state index contributed by atoms with van der Waals surface area (Å²) >= 11 is 1.20. The van der Waals surface area contributed by atoms with Gasteiger partial charge in [0.15, 0.2) is 0 Å². The summed E-state index contributed by atoms with van der Waals surface area (Å²) in [5.74, 6) is -0.439. The SMILES string of the molecule is CCCCn1c(C)nc2scc(C(=O)O)c2c1=O. The lowest BCUT2D eigenvalue weighted by atomic mass is 10.2. The Balaban J connectivity index is 2.69. The molecule has 6 heteroatoms. The van der Waals surface area contributed by atoms with Crippen molar-refractivity contribution in [3.63, 3.8) is 0 Å². The highest BCUT2D eigenvalue weighted by molar-refractivity contribution is 7.17. The van der Waals surface area contributed by atoms with E-state index >= 15 is 0 Å². The zero-order valence-electron chi connectivity index (χ0n) is 10.3. The third kappa shape index (κ3) is 2.03. The van der Waals surface area contributed by atoms with Crippen molar-refractivity contribution in [3.8, 4) is 0 Å². The number of nitrogens with zero attached hydrogens (tertiary/aromatic N) is 2. The molecule has 0 spiro atoms. The Morgan fingerprint density at radius 3 is 2.89 bits per heavy atom. The van der Waals surface area contributed by atoms with Crippen molar-refractivity contribution in [2.45, 2.75) is 33.2 Å². The molecule has 1 N–H and O–H groups in total. The number of aryl methyl sites for hydroxylation is 1. The van der Waals surface area contributed by atoms with Gasteiger partial charge in [-0.2, -0.15) is 0 Å². The Morgan fingerprint density at radius 1 is 1.56 bits per heavy atom. The average Bonchev–Trinajstić information content (AvgIpc) is 2.72. The molecule has 0 bridgehead atoms. The van der Waals surface area contributed by atoms with Crippen molar-refractivity contribution < 1.29 is 9.90 Å². The highest BCUT2D eigenvalue weighted by atomic mass is 32.1. The van der Waals surface area contributed by atoms with Crippen molar-refractivity contribution in [3.05, 3.63) is 27.1 Å². The molecule has 0 radical (unpaired) electrons. The minimum absolute atomic E-state index is 0.0535. The topological polar surface area (TPSA) is 72.2 Å². The van der Waals surface area contributed by atoms with Crippen LogP contribution in [0.25, 0.3) is 10.2 Å². The summed E-state index contributed by atoms with van der Waals surface area (Å²) in [6.45, 7) is 4.40. The van der Waals surface area contributed by atoms with Crippen molar-refractivity contribution in [1.29, 1.82) is 0 Å². The van der Waals surface area contributed by atoms with Crippen LogP contribution in [0.15, 0.2) is 10.2 Å². The summed E-state index contributed by atoms with van der Waals surface area (Å²) < 4.78 is 1.56. The van der Waals surface area contributed by atoms with E-state index in [2.05, 4.69) is 4.98 Å². The number of thiophene rings is 1. The van der Waals surface area contributed by atoms with E-state index in [1.54, 1.807) is 11.5 Å². The lowest BCUT2D eigenvalue weighted by Crippen LogP contribution is -2.24. The van der Waals surface area contributed by atoms with Gasteiger partial charge in [-0.25, -0.2) is 9.78 Å². The van der Waals surface area contributed by atoms with E-state index in [0.29, 0.717) is 17.2 Å². The molecule has 5 nitrogen and oxygen atoms in total. The van der Waals surface area contributed by atoms with E-state index in [9.17, 15) is 9.59 Å². The van der Waals surface area contributed by atoms with E-state index in [4.69, 9.17) is 5.11 Å². The van der Waals surface area contributed by atoms with Gasteiger partial charge in [0.1, 0.15) is 10.7 Å². The molecule has 2 aromatic rings. The molecule has 0 atom stereocenters. The van der Waals surface area contributed by atoms with E-state index in [0.717, 1.165) is 12.8 Å². The molecule has 2 heterocycles. The summed E-state index contributed by atoms with van der Waals surface area (Å²) in [5.41, 5.74) is -0.192. The molecule has 0 fully saturated rings. The minimum atomic E-state index is -1.08. The number of carboxylic acid groups (broad SMARTS) is 1. The van der Waals surface area contributed by atoms with Gasteiger partial charge in [0.05, 0.1) is 10.9 Å². The molecule has 2 rings (SSSR count). The van der Waals surface area contributed by atoms with Crippen LogP contribution in [-0.2, 0) is 6.54 Å². The molecule has 0 aromatic carbocycles. The van der Waals surface area contributed by atoms with Crippen LogP contribution in [0.1, 0.15) is 35.9 Å². The van der Waals surface area contributed by atoms with Gasteiger partial charge in [-0.3, -0.25) is 9.36 Å². The minimum Gasteiger partial charge on any atom is -0.478 e. The third-order valence-electron chi connectivity index (χ3n) is 2.85. The van der Waals surface area contributed by atoms with E-state index in [1.807, 2.05) is 6.92 Å². The first-order valence-corrected chi connectivity index (χ1v) is 6.66. The lowest BCUT2D eigenvalue weighted by molar-refractivity contribution is 0.0699. The Morgan fingerprint density at radius 2 is 2.28 bits per heavy atom. The fraction of sp³-hybridized carbons (Fsp3) is 0.417. The van der Waals surface area contributed by atoms with Crippen molar-refractivity contribution in [1.82, 2.24) is 9.55 Å². The Kier molecular flexibility index (Phi) is 3.47. The highest BCUT2D eigenvalue weighted by Gasteiger charge is 2.17. The second kappa shape index (κ2) is 4.89. The number of aromatic nitrogens is 2. The summed E-state index contributed by atoms with van der Waals surface area (Å²) in [4.78, 5) is 28.2. The van der Waals surface area contributed by atoms with Gasteiger partial charge in [-0.1, -0.05) is 13.3 Å². The second-order valence-corrected chi connectivity index (χ2v) is 4.96. The number of hydrogen-bond donors (Lipinski definition) is 1. The molecule has 0 aliphatic rings. The fourth-order valence-electron chi connectivity index (χ4n) is 1.86. The van der Waals surface area contributed by atoms with Crippen LogP contribution >= 0.6 is 11.3 Å².